The van der Waals surface area contributed by atoms with E-state index in [0.29, 0.717) is 5.02 Å². The van der Waals surface area contributed by atoms with Crippen molar-refractivity contribution in [1.29, 1.82) is 0 Å². The highest BCUT2D eigenvalue weighted by Gasteiger charge is 2.20. The predicted molar refractivity (Wildman–Crippen MR) is 192 cm³/mol. The molecule has 9 rings (SSSR count). The number of fused-ring (bicyclic) bond motifs is 6. The number of para-hydroxylation sites is 2. The van der Waals surface area contributed by atoms with Crippen LogP contribution < -0.4 is 4.90 Å². The highest BCUT2D eigenvalue weighted by atomic mass is 35.5. The maximum atomic E-state index is 7.15. The van der Waals surface area contributed by atoms with E-state index < -0.39 is 0 Å². The first kappa shape index (κ1) is 26.6. The summed E-state index contributed by atoms with van der Waals surface area (Å²) in [7, 11) is 0. The van der Waals surface area contributed by atoms with Crippen LogP contribution in [-0.4, -0.2) is 0 Å². The van der Waals surface area contributed by atoms with Crippen LogP contribution in [0.2, 0.25) is 5.02 Å². The molecule has 46 heavy (non-hydrogen) atoms. The van der Waals surface area contributed by atoms with Crippen LogP contribution in [0.1, 0.15) is 0 Å². The maximum Gasteiger partial charge on any atom is 0.137 e. The molecule has 2 aromatic heterocycles. The minimum Gasteiger partial charge on any atom is -0.456 e. The van der Waals surface area contributed by atoms with Gasteiger partial charge in [-0.15, -0.1) is 0 Å². The van der Waals surface area contributed by atoms with Gasteiger partial charge in [0.15, 0.2) is 0 Å². The summed E-state index contributed by atoms with van der Waals surface area (Å²) in [5.74, 6) is 0. The van der Waals surface area contributed by atoms with Gasteiger partial charge < -0.3 is 13.7 Å². The highest BCUT2D eigenvalue weighted by molar-refractivity contribution is 6.35. The fourth-order valence-corrected chi connectivity index (χ4v) is 6.74. The lowest BCUT2D eigenvalue weighted by Crippen LogP contribution is -2.10. The number of hydrogen-bond acceptors (Lipinski definition) is 3. The molecule has 0 atom stereocenters. The van der Waals surface area contributed by atoms with Gasteiger partial charge in [-0.1, -0.05) is 109 Å². The third kappa shape index (κ3) is 4.44. The van der Waals surface area contributed by atoms with Crippen LogP contribution in [0.25, 0.3) is 66.1 Å². The second-order valence-corrected chi connectivity index (χ2v) is 11.9. The molecule has 0 fully saturated rings. The second kappa shape index (κ2) is 10.7. The Morgan fingerprint density at radius 2 is 0.935 bits per heavy atom. The molecule has 0 amide bonds. The molecular formula is C42H26ClNO2. The molecule has 3 nitrogen and oxygen atoms in total. The zero-order valence-electron chi connectivity index (χ0n) is 24.7. The van der Waals surface area contributed by atoms with E-state index >= 15 is 0 Å². The third-order valence-corrected chi connectivity index (χ3v) is 9.04. The lowest BCUT2D eigenvalue weighted by molar-refractivity contribution is 0.668. The van der Waals surface area contributed by atoms with Crippen molar-refractivity contribution in [2.24, 2.45) is 0 Å². The third-order valence-electron chi connectivity index (χ3n) is 8.74. The van der Waals surface area contributed by atoms with Gasteiger partial charge in [-0.3, -0.25) is 0 Å². The standard InChI is InChI=1S/C42H26ClNO2/c43-37-25-36-34-14-5-7-16-40(34)46-42(36)26-38(37)44(31-20-17-28(18-21-31)27-9-2-1-3-10-27)32-12-8-11-29(23-32)30-19-22-35-33-13-4-6-15-39(33)45-41(35)24-30/h1-26H. The van der Waals surface area contributed by atoms with Crippen molar-refractivity contribution in [3.63, 3.8) is 0 Å². The molecule has 0 saturated heterocycles. The average Bonchev–Trinajstić information content (AvgIpc) is 3.67. The minimum absolute atomic E-state index is 0.639. The van der Waals surface area contributed by atoms with Gasteiger partial charge in [-0.2, -0.15) is 0 Å². The predicted octanol–water partition coefficient (Wildman–Crippen LogP) is 12.9. The van der Waals surface area contributed by atoms with Crippen LogP contribution in [0, 0.1) is 0 Å². The minimum atomic E-state index is 0.639. The van der Waals surface area contributed by atoms with Crippen molar-refractivity contribution in [2.45, 2.75) is 0 Å². The van der Waals surface area contributed by atoms with Gasteiger partial charge in [-0.05, 0) is 76.9 Å². The zero-order chi connectivity index (χ0) is 30.6. The molecule has 0 aliphatic rings. The second-order valence-electron chi connectivity index (χ2n) is 11.5. The molecule has 218 valence electrons. The van der Waals surface area contributed by atoms with E-state index in [4.69, 9.17) is 20.4 Å². The van der Waals surface area contributed by atoms with Crippen LogP contribution >= 0.6 is 11.6 Å². The van der Waals surface area contributed by atoms with E-state index in [9.17, 15) is 0 Å². The van der Waals surface area contributed by atoms with E-state index in [1.54, 1.807) is 0 Å². The van der Waals surface area contributed by atoms with Crippen LogP contribution in [0.4, 0.5) is 17.1 Å². The maximum absolute atomic E-state index is 7.15. The smallest absolute Gasteiger partial charge is 0.137 e. The summed E-state index contributed by atoms with van der Waals surface area (Å²) in [5.41, 5.74) is 10.7. The summed E-state index contributed by atoms with van der Waals surface area (Å²) in [5, 5.41) is 4.92. The number of halogens is 1. The molecule has 0 unspecified atom stereocenters. The van der Waals surface area contributed by atoms with Gasteiger partial charge in [0.1, 0.15) is 22.3 Å². The van der Waals surface area contributed by atoms with Crippen molar-refractivity contribution < 1.29 is 8.83 Å². The summed E-state index contributed by atoms with van der Waals surface area (Å²) < 4.78 is 12.5. The molecule has 0 spiro atoms. The number of hydrogen-bond donors (Lipinski definition) is 0. The number of anilines is 3. The fourth-order valence-electron chi connectivity index (χ4n) is 6.50. The Bertz CT molecular complexity index is 2540. The van der Waals surface area contributed by atoms with E-state index in [-0.39, 0.29) is 0 Å². The fraction of sp³-hybridized carbons (Fsp3) is 0. The van der Waals surface area contributed by atoms with Crippen molar-refractivity contribution in [3.8, 4) is 22.3 Å². The first-order valence-electron chi connectivity index (χ1n) is 15.3. The van der Waals surface area contributed by atoms with Gasteiger partial charge in [0.2, 0.25) is 0 Å². The molecule has 0 bridgehead atoms. The Hall–Kier alpha value is -5.77. The van der Waals surface area contributed by atoms with Crippen LogP contribution in [0.3, 0.4) is 0 Å². The summed E-state index contributed by atoms with van der Waals surface area (Å²) in [6, 6.07) is 54.3. The molecule has 4 heteroatoms. The first-order valence-corrected chi connectivity index (χ1v) is 15.7. The molecule has 0 saturated carbocycles. The Labute approximate surface area is 270 Å². The first-order chi connectivity index (χ1) is 22.7. The number of benzene rings is 7. The molecule has 9 aromatic rings. The van der Waals surface area contributed by atoms with Gasteiger partial charge in [0.05, 0.1) is 10.7 Å². The van der Waals surface area contributed by atoms with Crippen molar-refractivity contribution in [3.05, 3.63) is 163 Å². The summed E-state index contributed by atoms with van der Waals surface area (Å²) in [6.07, 6.45) is 0. The zero-order valence-corrected chi connectivity index (χ0v) is 25.4. The molecular weight excluding hydrogens is 586 g/mol. The van der Waals surface area contributed by atoms with Gasteiger partial charge in [0.25, 0.3) is 0 Å². The lowest BCUT2D eigenvalue weighted by Gasteiger charge is -2.27. The molecule has 0 N–H and O–H groups in total. The summed E-state index contributed by atoms with van der Waals surface area (Å²) in [6.45, 7) is 0. The Balaban J connectivity index is 1.20. The topological polar surface area (TPSA) is 29.5 Å². The van der Waals surface area contributed by atoms with Gasteiger partial charge in [0, 0.05) is 39.0 Å². The number of nitrogens with zero attached hydrogens (tertiary/aromatic N) is 1. The number of furan rings is 2. The largest absolute Gasteiger partial charge is 0.456 e. The van der Waals surface area contributed by atoms with Crippen molar-refractivity contribution >= 4 is 72.5 Å². The lowest BCUT2D eigenvalue weighted by atomic mass is 10.0. The number of rotatable bonds is 5. The Morgan fingerprint density at radius 3 is 1.70 bits per heavy atom. The van der Waals surface area contributed by atoms with Gasteiger partial charge in [-0.25, -0.2) is 0 Å². The molecule has 7 aromatic carbocycles. The molecule has 2 heterocycles. The van der Waals surface area contributed by atoms with Crippen LogP contribution in [-0.2, 0) is 0 Å². The van der Waals surface area contributed by atoms with Crippen LogP contribution in [0.15, 0.2) is 167 Å². The molecule has 0 aliphatic carbocycles. The van der Waals surface area contributed by atoms with Crippen molar-refractivity contribution in [1.82, 2.24) is 0 Å². The van der Waals surface area contributed by atoms with E-state index in [1.165, 1.54) is 5.56 Å². The summed E-state index contributed by atoms with van der Waals surface area (Å²) in [4.78, 5) is 2.20. The van der Waals surface area contributed by atoms with E-state index in [2.05, 4.69) is 114 Å². The average molecular weight is 612 g/mol. The Kier molecular flexibility index (Phi) is 6.19. The molecule has 0 radical (unpaired) electrons. The van der Waals surface area contributed by atoms with Gasteiger partial charge >= 0.3 is 0 Å². The highest BCUT2D eigenvalue weighted by Crippen LogP contribution is 2.44. The molecule has 0 aliphatic heterocycles. The van der Waals surface area contributed by atoms with E-state index in [0.717, 1.165) is 77.6 Å². The quantitative estimate of drug-likeness (QED) is 0.194. The normalized spacial score (nSPS) is 11.6. The summed E-state index contributed by atoms with van der Waals surface area (Å²) >= 11 is 7.15. The van der Waals surface area contributed by atoms with Crippen molar-refractivity contribution in [2.75, 3.05) is 4.90 Å². The Morgan fingerprint density at radius 1 is 0.370 bits per heavy atom. The monoisotopic (exact) mass is 611 g/mol. The SMILES string of the molecule is Clc1cc2c(cc1N(c1ccc(-c3ccccc3)cc1)c1cccc(-c3ccc4c(c3)oc3ccccc34)c1)oc1ccccc12. The van der Waals surface area contributed by atoms with Crippen LogP contribution in [0.5, 0.6) is 0 Å². The van der Waals surface area contributed by atoms with E-state index in [1.807, 2.05) is 48.5 Å².